The van der Waals surface area contributed by atoms with Crippen LogP contribution in [0.25, 0.3) is 0 Å². The summed E-state index contributed by atoms with van der Waals surface area (Å²) < 4.78 is 0. The monoisotopic (exact) mass is 382 g/mol. The molecule has 1 heterocycles. The van der Waals surface area contributed by atoms with Gasteiger partial charge in [0.05, 0.1) is 6.54 Å². The number of ketones is 1. The summed E-state index contributed by atoms with van der Waals surface area (Å²) in [5.41, 5.74) is 1.06. The van der Waals surface area contributed by atoms with Crippen LogP contribution in [0.2, 0.25) is 0 Å². The van der Waals surface area contributed by atoms with Gasteiger partial charge in [0.15, 0.2) is 5.78 Å². The first-order chi connectivity index (χ1) is 13.5. The summed E-state index contributed by atoms with van der Waals surface area (Å²) in [5, 5.41) is 2.91. The molecule has 3 fully saturated rings. The van der Waals surface area contributed by atoms with Crippen LogP contribution in [-0.4, -0.2) is 34.7 Å². The lowest BCUT2D eigenvalue weighted by Crippen LogP contribution is -2.54. The Balaban J connectivity index is 1.44. The number of benzene rings is 1. The zero-order chi connectivity index (χ0) is 19.7. The Labute approximate surface area is 166 Å². The van der Waals surface area contributed by atoms with Crippen molar-refractivity contribution in [3.8, 4) is 0 Å². The van der Waals surface area contributed by atoms with Gasteiger partial charge in [-0.05, 0) is 43.1 Å². The van der Waals surface area contributed by atoms with Crippen molar-refractivity contribution in [1.29, 1.82) is 0 Å². The van der Waals surface area contributed by atoms with Crippen LogP contribution in [0.15, 0.2) is 24.3 Å². The van der Waals surface area contributed by atoms with Crippen molar-refractivity contribution in [2.24, 2.45) is 5.92 Å². The van der Waals surface area contributed by atoms with E-state index in [0.29, 0.717) is 17.9 Å². The van der Waals surface area contributed by atoms with Crippen molar-refractivity contribution in [3.63, 3.8) is 0 Å². The van der Waals surface area contributed by atoms with Gasteiger partial charge in [-0.15, -0.1) is 0 Å². The maximum Gasteiger partial charge on any atom is 0.325 e. The first-order valence-electron chi connectivity index (χ1n) is 10.8. The van der Waals surface area contributed by atoms with E-state index >= 15 is 0 Å². The number of nitrogens with zero attached hydrogens (tertiary/aromatic N) is 1. The number of carbonyl (C=O) groups is 3. The van der Waals surface area contributed by atoms with E-state index in [-0.39, 0.29) is 24.2 Å². The van der Waals surface area contributed by atoms with E-state index in [1.807, 2.05) is 31.2 Å². The molecule has 0 bridgehead atoms. The molecule has 1 aromatic carbocycles. The molecule has 150 valence electrons. The minimum atomic E-state index is -0.805. The Kier molecular flexibility index (Phi) is 5.26. The van der Waals surface area contributed by atoms with E-state index in [1.165, 1.54) is 37.7 Å². The molecule has 1 spiro atoms. The summed E-state index contributed by atoms with van der Waals surface area (Å²) >= 11 is 0. The molecule has 28 heavy (non-hydrogen) atoms. The van der Waals surface area contributed by atoms with E-state index in [1.54, 1.807) is 0 Å². The van der Waals surface area contributed by atoms with Crippen molar-refractivity contribution < 1.29 is 14.4 Å². The SMILES string of the molecule is C[C@@H]1CCCC[C@]12NC(=O)N(CC(=O)c1ccc(C3CCCCC3)cc1)C2=O. The molecule has 0 unspecified atom stereocenters. The van der Waals surface area contributed by atoms with Gasteiger partial charge >= 0.3 is 6.03 Å². The Bertz CT molecular complexity index is 767. The second-order valence-electron chi connectivity index (χ2n) is 8.82. The fourth-order valence-electron chi connectivity index (χ4n) is 5.25. The average molecular weight is 383 g/mol. The molecule has 5 nitrogen and oxygen atoms in total. The number of Topliss-reactive ketones (excluding diaryl/α,β-unsaturated/α-hetero) is 1. The van der Waals surface area contributed by atoms with Crippen LogP contribution in [0.5, 0.6) is 0 Å². The smallest absolute Gasteiger partial charge is 0.323 e. The normalized spacial score (nSPS) is 28.6. The highest BCUT2D eigenvalue weighted by Crippen LogP contribution is 2.38. The van der Waals surface area contributed by atoms with E-state index < -0.39 is 11.6 Å². The van der Waals surface area contributed by atoms with E-state index in [0.717, 1.165) is 24.2 Å². The molecule has 1 saturated heterocycles. The van der Waals surface area contributed by atoms with Crippen molar-refractivity contribution in [2.45, 2.75) is 76.2 Å². The van der Waals surface area contributed by atoms with Gasteiger partial charge in [-0.25, -0.2) is 4.79 Å². The highest BCUT2D eigenvalue weighted by molar-refractivity contribution is 6.11. The fourth-order valence-corrected chi connectivity index (χ4v) is 5.25. The maximum atomic E-state index is 13.0. The van der Waals surface area contributed by atoms with Crippen molar-refractivity contribution in [1.82, 2.24) is 10.2 Å². The summed E-state index contributed by atoms with van der Waals surface area (Å²) in [5.74, 6) is 0.292. The van der Waals surface area contributed by atoms with Gasteiger partial charge in [0.25, 0.3) is 5.91 Å². The first kappa shape index (κ1) is 19.2. The number of hydrogen-bond donors (Lipinski definition) is 1. The zero-order valence-corrected chi connectivity index (χ0v) is 16.7. The van der Waals surface area contributed by atoms with E-state index in [2.05, 4.69) is 5.32 Å². The van der Waals surface area contributed by atoms with Crippen LogP contribution in [0.3, 0.4) is 0 Å². The molecule has 4 rings (SSSR count). The summed E-state index contributed by atoms with van der Waals surface area (Å²) in [6.45, 7) is 1.84. The lowest BCUT2D eigenvalue weighted by atomic mass is 9.73. The van der Waals surface area contributed by atoms with E-state index in [4.69, 9.17) is 0 Å². The molecule has 1 aromatic rings. The van der Waals surface area contributed by atoms with Crippen molar-refractivity contribution in [3.05, 3.63) is 35.4 Å². The molecule has 5 heteroatoms. The number of amides is 3. The number of carbonyl (C=O) groups excluding carboxylic acids is 3. The van der Waals surface area contributed by atoms with Crippen molar-refractivity contribution >= 4 is 17.7 Å². The summed E-state index contributed by atoms with van der Waals surface area (Å²) in [4.78, 5) is 39.4. The van der Waals surface area contributed by atoms with Gasteiger partial charge in [-0.3, -0.25) is 14.5 Å². The van der Waals surface area contributed by atoms with Gasteiger partial charge < -0.3 is 5.32 Å². The number of urea groups is 1. The molecule has 1 N–H and O–H groups in total. The lowest BCUT2D eigenvalue weighted by Gasteiger charge is -2.36. The largest absolute Gasteiger partial charge is 0.325 e. The van der Waals surface area contributed by atoms with Crippen LogP contribution >= 0.6 is 0 Å². The Morgan fingerprint density at radius 3 is 2.39 bits per heavy atom. The quantitative estimate of drug-likeness (QED) is 0.619. The standard InChI is InChI=1S/C23H30N2O3/c1-16-7-5-6-14-23(16)21(27)25(22(28)24-23)15-20(26)19-12-10-18(11-13-19)17-8-3-2-4-9-17/h10-13,16-17H,2-9,14-15H2,1H3,(H,24,28)/t16-,23+/m1/s1. The van der Waals surface area contributed by atoms with Gasteiger partial charge in [-0.2, -0.15) is 0 Å². The molecule has 2 saturated carbocycles. The molecular formula is C23H30N2O3. The molecule has 2 aliphatic carbocycles. The number of hydrogen-bond acceptors (Lipinski definition) is 3. The topological polar surface area (TPSA) is 66.5 Å². The second-order valence-corrected chi connectivity index (χ2v) is 8.82. The minimum absolute atomic E-state index is 0.104. The highest BCUT2D eigenvalue weighted by atomic mass is 16.2. The van der Waals surface area contributed by atoms with Crippen molar-refractivity contribution in [2.75, 3.05) is 6.54 Å². The molecular weight excluding hydrogens is 352 g/mol. The summed E-state index contributed by atoms with van der Waals surface area (Å²) in [6, 6.07) is 7.36. The Morgan fingerprint density at radius 1 is 1.04 bits per heavy atom. The molecule has 3 amide bonds. The summed E-state index contributed by atoms with van der Waals surface area (Å²) in [7, 11) is 0. The Hall–Kier alpha value is -2.17. The second kappa shape index (κ2) is 7.69. The average Bonchev–Trinajstić information content (AvgIpc) is 2.96. The molecule has 0 aromatic heterocycles. The van der Waals surface area contributed by atoms with E-state index in [9.17, 15) is 14.4 Å². The molecule has 3 aliphatic rings. The maximum absolute atomic E-state index is 13.0. The first-order valence-corrected chi connectivity index (χ1v) is 10.8. The summed E-state index contributed by atoms with van der Waals surface area (Å²) in [6.07, 6.45) is 9.91. The predicted octanol–water partition coefficient (Wildman–Crippen LogP) is 4.42. The van der Waals surface area contributed by atoms with Gasteiger partial charge in [0.2, 0.25) is 0 Å². The Morgan fingerprint density at radius 2 is 1.71 bits per heavy atom. The predicted molar refractivity (Wildman–Crippen MR) is 107 cm³/mol. The third-order valence-corrected chi connectivity index (χ3v) is 7.11. The number of imide groups is 1. The van der Waals surface area contributed by atoms with Crippen LogP contribution in [0, 0.1) is 5.92 Å². The third-order valence-electron chi connectivity index (χ3n) is 7.11. The number of nitrogens with one attached hydrogen (secondary N) is 1. The lowest BCUT2D eigenvalue weighted by molar-refractivity contribution is -0.133. The van der Waals surface area contributed by atoms with Gasteiger partial charge in [-0.1, -0.05) is 63.3 Å². The minimum Gasteiger partial charge on any atom is -0.323 e. The van der Waals surface area contributed by atoms with Crippen LogP contribution in [0.4, 0.5) is 4.79 Å². The highest BCUT2D eigenvalue weighted by Gasteiger charge is 2.55. The van der Waals surface area contributed by atoms with Crippen LogP contribution in [-0.2, 0) is 4.79 Å². The van der Waals surface area contributed by atoms with Gasteiger partial charge in [0, 0.05) is 5.56 Å². The van der Waals surface area contributed by atoms with Crippen LogP contribution in [0.1, 0.15) is 86.6 Å². The third kappa shape index (κ3) is 3.36. The molecule has 1 aliphatic heterocycles. The molecule has 0 radical (unpaired) electrons. The zero-order valence-electron chi connectivity index (χ0n) is 16.7. The molecule has 2 atom stereocenters. The van der Waals surface area contributed by atoms with Gasteiger partial charge in [0.1, 0.15) is 5.54 Å². The van der Waals surface area contributed by atoms with Crippen LogP contribution < -0.4 is 5.32 Å². The fraction of sp³-hybridized carbons (Fsp3) is 0.609. The number of rotatable bonds is 4.